The zero-order valence-electron chi connectivity index (χ0n) is 12.3. The smallest absolute Gasteiger partial charge is 0.466 e. The SMILES string of the molecule is CCCCOC(=O)CC(COC(=O)C(F)(F)F)OC(=O)C(F)(F)F. The van der Waals surface area contributed by atoms with Gasteiger partial charge in [0, 0.05) is 0 Å². The number of rotatable bonds is 8. The summed E-state index contributed by atoms with van der Waals surface area (Å²) in [5.41, 5.74) is 0. The first kappa shape index (κ1) is 22.0. The lowest BCUT2D eigenvalue weighted by molar-refractivity contribution is -0.214. The van der Waals surface area contributed by atoms with Crippen LogP contribution in [-0.2, 0) is 28.6 Å². The number of unbranched alkanes of at least 4 members (excludes halogenated alkanes) is 1. The number of carbonyl (C=O) groups is 3. The van der Waals surface area contributed by atoms with Gasteiger partial charge in [-0.05, 0) is 6.42 Å². The molecule has 1 atom stereocenters. The number of alkyl halides is 6. The Bertz CT molecular complexity index is 444. The maximum absolute atomic E-state index is 12.1. The van der Waals surface area contributed by atoms with E-state index in [1.54, 1.807) is 6.92 Å². The van der Waals surface area contributed by atoms with Gasteiger partial charge >= 0.3 is 30.3 Å². The Balaban J connectivity index is 4.74. The highest BCUT2D eigenvalue weighted by Crippen LogP contribution is 2.20. The van der Waals surface area contributed by atoms with Crippen molar-refractivity contribution in [3.63, 3.8) is 0 Å². The predicted octanol–water partition coefficient (Wildman–Crippen LogP) is 2.30. The van der Waals surface area contributed by atoms with Gasteiger partial charge in [-0.15, -0.1) is 0 Å². The Morgan fingerprint density at radius 2 is 1.46 bits per heavy atom. The lowest BCUT2D eigenvalue weighted by atomic mass is 10.2. The molecule has 0 aromatic carbocycles. The molecule has 0 N–H and O–H groups in total. The molecule has 0 aromatic heterocycles. The Hall–Kier alpha value is -2.01. The van der Waals surface area contributed by atoms with Crippen LogP contribution in [0.1, 0.15) is 26.2 Å². The van der Waals surface area contributed by atoms with Crippen LogP contribution in [0.5, 0.6) is 0 Å². The van der Waals surface area contributed by atoms with Crippen molar-refractivity contribution in [2.45, 2.75) is 44.6 Å². The first-order chi connectivity index (χ1) is 10.9. The Morgan fingerprint density at radius 3 is 1.92 bits per heavy atom. The van der Waals surface area contributed by atoms with Crippen LogP contribution in [0.2, 0.25) is 0 Å². The summed E-state index contributed by atoms with van der Waals surface area (Å²) in [6, 6.07) is 0. The minimum Gasteiger partial charge on any atom is -0.466 e. The van der Waals surface area contributed by atoms with Crippen LogP contribution in [0.4, 0.5) is 26.3 Å². The van der Waals surface area contributed by atoms with Crippen molar-refractivity contribution in [2.24, 2.45) is 0 Å². The third-order valence-corrected chi connectivity index (χ3v) is 2.29. The van der Waals surface area contributed by atoms with Crippen molar-refractivity contribution >= 4 is 17.9 Å². The number of halogens is 6. The second kappa shape index (κ2) is 9.33. The van der Waals surface area contributed by atoms with Crippen LogP contribution < -0.4 is 0 Å². The van der Waals surface area contributed by atoms with Gasteiger partial charge < -0.3 is 14.2 Å². The summed E-state index contributed by atoms with van der Waals surface area (Å²) in [5, 5.41) is 0. The molecule has 24 heavy (non-hydrogen) atoms. The van der Waals surface area contributed by atoms with Crippen LogP contribution in [0.15, 0.2) is 0 Å². The van der Waals surface area contributed by atoms with Gasteiger partial charge in [0.05, 0.1) is 13.0 Å². The summed E-state index contributed by atoms with van der Waals surface area (Å²) in [4.78, 5) is 32.6. The van der Waals surface area contributed by atoms with E-state index in [1.165, 1.54) is 0 Å². The maximum Gasteiger partial charge on any atom is 0.490 e. The Labute approximate surface area is 132 Å². The van der Waals surface area contributed by atoms with Crippen LogP contribution in [0.3, 0.4) is 0 Å². The minimum atomic E-state index is -5.43. The van der Waals surface area contributed by atoms with E-state index in [2.05, 4.69) is 14.2 Å². The van der Waals surface area contributed by atoms with Gasteiger partial charge in [0.15, 0.2) is 0 Å². The normalized spacial score (nSPS) is 13.1. The molecule has 0 radical (unpaired) electrons. The summed E-state index contributed by atoms with van der Waals surface area (Å²) in [6.45, 7) is 0.305. The number of carbonyl (C=O) groups excluding carboxylic acids is 3. The molecule has 6 nitrogen and oxygen atoms in total. The Morgan fingerprint density at radius 1 is 0.917 bits per heavy atom. The lowest BCUT2D eigenvalue weighted by Gasteiger charge is -2.18. The topological polar surface area (TPSA) is 78.9 Å². The molecule has 12 heteroatoms. The fourth-order valence-electron chi connectivity index (χ4n) is 1.18. The standard InChI is InChI=1S/C12H14F6O6/c1-2-3-4-22-8(19)5-7(24-10(21)12(16,17)18)6-23-9(20)11(13,14)15/h7H,2-6H2,1H3. The molecule has 0 saturated heterocycles. The van der Waals surface area contributed by atoms with E-state index < -0.39 is 49.4 Å². The van der Waals surface area contributed by atoms with Crippen LogP contribution in [0.25, 0.3) is 0 Å². The van der Waals surface area contributed by atoms with E-state index in [9.17, 15) is 40.7 Å². The van der Waals surface area contributed by atoms with E-state index in [4.69, 9.17) is 0 Å². The van der Waals surface area contributed by atoms with Gasteiger partial charge in [0.25, 0.3) is 0 Å². The highest BCUT2D eigenvalue weighted by Gasteiger charge is 2.44. The van der Waals surface area contributed by atoms with E-state index in [0.29, 0.717) is 12.8 Å². The van der Waals surface area contributed by atoms with Gasteiger partial charge in [0.2, 0.25) is 0 Å². The monoisotopic (exact) mass is 368 g/mol. The summed E-state index contributed by atoms with van der Waals surface area (Å²) >= 11 is 0. The van der Waals surface area contributed by atoms with Crippen molar-refractivity contribution < 1.29 is 54.9 Å². The second-order valence-electron chi connectivity index (χ2n) is 4.40. The largest absolute Gasteiger partial charge is 0.490 e. The van der Waals surface area contributed by atoms with Crippen LogP contribution in [-0.4, -0.2) is 49.6 Å². The fourth-order valence-corrected chi connectivity index (χ4v) is 1.18. The zero-order chi connectivity index (χ0) is 19.0. The first-order valence-electron chi connectivity index (χ1n) is 6.55. The average molecular weight is 368 g/mol. The van der Waals surface area contributed by atoms with Gasteiger partial charge in [-0.1, -0.05) is 13.3 Å². The van der Waals surface area contributed by atoms with Crippen molar-refractivity contribution in [3.05, 3.63) is 0 Å². The molecular formula is C12H14F6O6. The molecule has 0 spiro atoms. The lowest BCUT2D eigenvalue weighted by Crippen LogP contribution is -2.36. The van der Waals surface area contributed by atoms with Gasteiger partial charge in [-0.2, -0.15) is 26.3 Å². The summed E-state index contributed by atoms with van der Waals surface area (Å²) in [7, 11) is 0. The van der Waals surface area contributed by atoms with E-state index in [1.807, 2.05) is 0 Å². The highest BCUT2D eigenvalue weighted by molar-refractivity contribution is 5.77. The third kappa shape index (κ3) is 9.20. The molecule has 0 amide bonds. The van der Waals surface area contributed by atoms with Gasteiger partial charge in [-0.25, -0.2) is 9.59 Å². The summed E-state index contributed by atoms with van der Waals surface area (Å²) in [6.07, 6.45) is -12.8. The second-order valence-corrected chi connectivity index (χ2v) is 4.40. The van der Waals surface area contributed by atoms with Crippen LogP contribution in [0, 0.1) is 0 Å². The van der Waals surface area contributed by atoms with E-state index in [0.717, 1.165) is 0 Å². The highest BCUT2D eigenvalue weighted by atomic mass is 19.4. The first-order valence-corrected chi connectivity index (χ1v) is 6.55. The molecule has 0 aliphatic heterocycles. The average Bonchev–Trinajstić information content (AvgIpc) is 2.42. The maximum atomic E-state index is 12.1. The molecule has 0 heterocycles. The van der Waals surface area contributed by atoms with E-state index >= 15 is 0 Å². The number of hydrogen-bond acceptors (Lipinski definition) is 6. The zero-order valence-corrected chi connectivity index (χ0v) is 12.3. The van der Waals surface area contributed by atoms with Crippen molar-refractivity contribution in [1.29, 1.82) is 0 Å². The molecule has 0 rings (SSSR count). The number of esters is 3. The molecule has 0 fully saturated rings. The Kier molecular flexibility index (Phi) is 8.54. The molecule has 0 aliphatic carbocycles. The van der Waals surface area contributed by atoms with E-state index in [-0.39, 0.29) is 6.61 Å². The quantitative estimate of drug-likeness (QED) is 0.283. The number of hydrogen-bond donors (Lipinski definition) is 0. The molecule has 0 bridgehead atoms. The fraction of sp³-hybridized carbons (Fsp3) is 0.750. The predicted molar refractivity (Wildman–Crippen MR) is 63.4 cm³/mol. The molecule has 0 aromatic rings. The molecule has 0 saturated carbocycles. The molecule has 1 unspecified atom stereocenters. The summed E-state index contributed by atoms with van der Waals surface area (Å²) < 4.78 is 84.3. The van der Waals surface area contributed by atoms with Crippen LogP contribution >= 0.6 is 0 Å². The third-order valence-electron chi connectivity index (χ3n) is 2.29. The van der Waals surface area contributed by atoms with Crippen molar-refractivity contribution in [2.75, 3.05) is 13.2 Å². The van der Waals surface area contributed by atoms with Crippen molar-refractivity contribution in [3.8, 4) is 0 Å². The van der Waals surface area contributed by atoms with Crippen molar-refractivity contribution in [1.82, 2.24) is 0 Å². The van der Waals surface area contributed by atoms with Gasteiger partial charge in [-0.3, -0.25) is 4.79 Å². The molecule has 0 aliphatic rings. The van der Waals surface area contributed by atoms with Gasteiger partial charge in [0.1, 0.15) is 12.7 Å². The molecular weight excluding hydrogens is 354 g/mol. The number of ether oxygens (including phenoxy) is 3. The minimum absolute atomic E-state index is 0.0718. The summed E-state index contributed by atoms with van der Waals surface area (Å²) in [5.74, 6) is -6.56. The molecule has 140 valence electrons.